The molecule has 0 aromatic heterocycles. The molecule has 16 rings (SSSR count). The van der Waals surface area contributed by atoms with Gasteiger partial charge in [-0.05, 0) is 204 Å². The van der Waals surface area contributed by atoms with E-state index in [0.29, 0.717) is 22.7 Å². The van der Waals surface area contributed by atoms with Gasteiger partial charge in [0.1, 0.15) is 0 Å². The number of hydrogen-bond donors (Lipinski definition) is 0. The van der Waals surface area contributed by atoms with Crippen LogP contribution in [0.1, 0.15) is 186 Å². The Morgan fingerprint density at radius 2 is 0.769 bits per heavy atom. The van der Waals surface area contributed by atoms with Gasteiger partial charge >= 0.3 is 0 Å². The largest absolute Gasteiger partial charge is 0.0621 e. The van der Waals surface area contributed by atoms with Gasteiger partial charge in [-0.25, -0.2) is 0 Å². The molecule has 10 saturated carbocycles. The Hall–Kier alpha value is -3.42. The second-order valence-corrected chi connectivity index (χ2v) is 26.4. The zero-order valence-electron chi connectivity index (χ0n) is 39.5. The summed E-state index contributed by atoms with van der Waals surface area (Å²) in [5, 5.41) is 0. The van der Waals surface area contributed by atoms with Gasteiger partial charge in [0, 0.05) is 21.4 Å². The predicted molar refractivity (Wildman–Crippen MR) is 273 cm³/mol. The van der Waals surface area contributed by atoms with E-state index in [-0.39, 0.29) is 0 Å². The smallest absolute Gasteiger partial charge is 0.0397 e. The standard InChI is InChI=1S/C64H74Si/c1-2-8-41(7-1)29-51-31-59-55(49-15-19-53(20-16-49)63-33-43-23-44(34-63)25-45(24-43)35-63)11-5-13-57(59)61(51)39-65-40-62-52(30-42-9-3-4-10-42)32-60-56(12-6-14-58(60)62)50-17-21-54(22-18-50)64-36-46-26-47(37-64)28-48(27-46)38-64/h5-6,11-22,31-32,41-48,61-62H,1-4,7-10,23-30,33-40H2. The topological polar surface area (TPSA) is 0 Å². The molecule has 2 radical (unpaired) electrons. The SMILES string of the molecule is C1=C(CC2CCCC2)C(C[Si]CC2C(CC3CCCC3)=Cc3c(-c4ccc(C56CC7CC(CC(C7)C5)C6)cc4)cccc32)c2cccc(-c3ccc(C45CC6CC(CC(C6)C4)C5)cc3)c21. The molecule has 0 amide bonds. The van der Waals surface area contributed by atoms with Crippen LogP contribution in [-0.2, 0) is 10.8 Å². The third kappa shape index (κ3) is 7.14. The summed E-state index contributed by atoms with van der Waals surface area (Å²) in [7, 11) is 0.971. The van der Waals surface area contributed by atoms with Crippen LogP contribution in [-0.4, -0.2) is 9.52 Å². The first-order valence-electron chi connectivity index (χ1n) is 27.6. The predicted octanol–water partition coefficient (Wildman–Crippen LogP) is 17.3. The van der Waals surface area contributed by atoms with Crippen LogP contribution < -0.4 is 0 Å². The highest BCUT2D eigenvalue weighted by Crippen LogP contribution is 2.62. The molecule has 0 spiro atoms. The molecule has 8 bridgehead atoms. The van der Waals surface area contributed by atoms with E-state index in [1.165, 1.54) is 176 Å². The number of allylic oxidation sites excluding steroid dienone is 2. The van der Waals surface area contributed by atoms with Gasteiger partial charge < -0.3 is 0 Å². The van der Waals surface area contributed by atoms with Crippen molar-refractivity contribution in [3.8, 4) is 22.3 Å². The van der Waals surface area contributed by atoms with Crippen LogP contribution in [0.3, 0.4) is 0 Å². The third-order valence-electron chi connectivity index (χ3n) is 21.0. The number of fused-ring (bicyclic) bond motifs is 2. The molecule has 4 aromatic rings. The number of benzene rings is 4. The van der Waals surface area contributed by atoms with Gasteiger partial charge in [0.05, 0.1) is 0 Å². The molecule has 65 heavy (non-hydrogen) atoms. The van der Waals surface area contributed by atoms with Crippen molar-refractivity contribution < 1.29 is 0 Å². The van der Waals surface area contributed by atoms with Crippen molar-refractivity contribution in [3.63, 3.8) is 0 Å². The highest BCUT2D eigenvalue weighted by Gasteiger charge is 2.53. The maximum atomic E-state index is 2.72. The van der Waals surface area contributed by atoms with Gasteiger partial charge in [0.25, 0.3) is 0 Å². The Kier molecular flexibility index (Phi) is 10.1. The van der Waals surface area contributed by atoms with Crippen molar-refractivity contribution in [3.05, 3.63) is 129 Å². The van der Waals surface area contributed by atoms with Crippen LogP contribution >= 0.6 is 0 Å². The molecule has 0 saturated heterocycles. The van der Waals surface area contributed by atoms with Crippen LogP contribution in [0.2, 0.25) is 12.1 Å². The molecule has 0 heterocycles. The van der Waals surface area contributed by atoms with Gasteiger partial charge in [0.15, 0.2) is 0 Å². The summed E-state index contributed by atoms with van der Waals surface area (Å²) < 4.78 is 0. The molecule has 0 N–H and O–H groups in total. The van der Waals surface area contributed by atoms with E-state index in [1.807, 2.05) is 0 Å². The van der Waals surface area contributed by atoms with Crippen molar-refractivity contribution in [1.82, 2.24) is 0 Å². The average molecular weight is 871 g/mol. The Bertz CT molecular complexity index is 2250. The first-order valence-corrected chi connectivity index (χ1v) is 29.0. The lowest BCUT2D eigenvalue weighted by atomic mass is 9.48. The van der Waals surface area contributed by atoms with E-state index in [9.17, 15) is 0 Å². The third-order valence-corrected chi connectivity index (χ3v) is 22.4. The molecule has 0 nitrogen and oxygen atoms in total. The summed E-state index contributed by atoms with van der Waals surface area (Å²) in [4.78, 5) is 0. The highest BCUT2D eigenvalue weighted by atomic mass is 28.2. The van der Waals surface area contributed by atoms with Gasteiger partial charge in [-0.15, -0.1) is 0 Å². The lowest BCUT2D eigenvalue weighted by Gasteiger charge is -2.57. The second-order valence-electron chi connectivity index (χ2n) is 25.1. The van der Waals surface area contributed by atoms with Crippen LogP contribution in [0.5, 0.6) is 0 Å². The fourth-order valence-corrected chi connectivity index (χ4v) is 20.6. The maximum absolute atomic E-state index is 2.72. The fourth-order valence-electron chi connectivity index (χ4n) is 18.9. The Balaban J connectivity index is 0.731. The lowest BCUT2D eigenvalue weighted by Crippen LogP contribution is -2.48. The molecular weight excluding hydrogens is 797 g/mol. The fraction of sp³-hybridized carbons (Fsp3) is 0.562. The molecule has 0 aliphatic heterocycles. The number of rotatable bonds is 12. The zero-order valence-corrected chi connectivity index (χ0v) is 40.5. The van der Waals surface area contributed by atoms with Crippen LogP contribution in [0.4, 0.5) is 0 Å². The van der Waals surface area contributed by atoms with Crippen molar-refractivity contribution in [1.29, 1.82) is 0 Å². The Morgan fingerprint density at radius 1 is 0.415 bits per heavy atom. The van der Waals surface area contributed by atoms with Gasteiger partial charge in [-0.3, -0.25) is 0 Å². The van der Waals surface area contributed by atoms with E-state index >= 15 is 0 Å². The molecule has 12 aliphatic rings. The minimum atomic E-state index is 0.471. The van der Waals surface area contributed by atoms with Crippen molar-refractivity contribution in [2.45, 2.75) is 176 Å². The monoisotopic (exact) mass is 871 g/mol. The molecule has 10 fully saturated rings. The summed E-state index contributed by atoms with van der Waals surface area (Å²) >= 11 is 0. The first kappa shape index (κ1) is 40.6. The normalized spacial score (nSPS) is 35.3. The van der Waals surface area contributed by atoms with Gasteiger partial charge in [0.2, 0.25) is 0 Å². The first-order chi connectivity index (χ1) is 32.0. The molecule has 334 valence electrons. The van der Waals surface area contributed by atoms with Crippen LogP contribution in [0.15, 0.2) is 96.1 Å². The lowest BCUT2D eigenvalue weighted by molar-refractivity contribution is -0.00530. The van der Waals surface area contributed by atoms with Crippen molar-refractivity contribution in [2.75, 3.05) is 0 Å². The minimum Gasteiger partial charge on any atom is -0.0621 e. The summed E-state index contributed by atoms with van der Waals surface area (Å²) in [5.74, 6) is 8.89. The van der Waals surface area contributed by atoms with Crippen LogP contribution in [0, 0.1) is 47.3 Å². The van der Waals surface area contributed by atoms with Gasteiger partial charge in [-0.2, -0.15) is 0 Å². The number of hydrogen-bond acceptors (Lipinski definition) is 0. The summed E-state index contributed by atoms with van der Waals surface area (Å²) in [6.45, 7) is 0. The molecule has 12 aliphatic carbocycles. The Morgan fingerprint density at radius 3 is 1.12 bits per heavy atom. The molecule has 2 unspecified atom stereocenters. The zero-order chi connectivity index (χ0) is 42.7. The van der Waals surface area contributed by atoms with Crippen molar-refractivity contribution in [2.24, 2.45) is 47.3 Å². The molecular formula is C64H74Si. The van der Waals surface area contributed by atoms with Gasteiger partial charge in [-0.1, -0.05) is 172 Å². The van der Waals surface area contributed by atoms with Crippen molar-refractivity contribution >= 4 is 21.7 Å². The summed E-state index contributed by atoms with van der Waals surface area (Å²) in [6, 6.07) is 37.9. The average Bonchev–Trinajstić information content (AvgIpc) is 4.15. The minimum absolute atomic E-state index is 0.471. The summed E-state index contributed by atoms with van der Waals surface area (Å²) in [5.41, 5.74) is 20.1. The Labute approximate surface area is 394 Å². The van der Waals surface area contributed by atoms with E-state index < -0.39 is 0 Å². The summed E-state index contributed by atoms with van der Waals surface area (Å²) in [6.07, 6.45) is 37.4. The maximum Gasteiger partial charge on any atom is 0.0397 e. The van der Waals surface area contributed by atoms with E-state index in [2.05, 4.69) is 97.1 Å². The molecule has 2 atom stereocenters. The quantitative estimate of drug-likeness (QED) is 0.124. The second kappa shape index (κ2) is 16.1. The van der Waals surface area contributed by atoms with E-state index in [0.717, 1.165) is 56.9 Å². The molecule has 1 heteroatoms. The van der Waals surface area contributed by atoms with E-state index in [1.54, 1.807) is 44.5 Å². The highest BCUT2D eigenvalue weighted by molar-refractivity contribution is 6.36. The van der Waals surface area contributed by atoms with Crippen LogP contribution in [0.25, 0.3) is 34.4 Å². The molecule has 4 aromatic carbocycles. The van der Waals surface area contributed by atoms with E-state index in [4.69, 9.17) is 0 Å².